The molecule has 17 heavy (non-hydrogen) atoms. The summed E-state index contributed by atoms with van der Waals surface area (Å²) < 4.78 is 10.8. The summed E-state index contributed by atoms with van der Waals surface area (Å²) in [5.74, 6) is -0.103. The predicted octanol–water partition coefficient (Wildman–Crippen LogP) is 2.06. The molecule has 0 spiro atoms. The zero-order valence-electron chi connectivity index (χ0n) is 9.99. The Morgan fingerprint density at radius 2 is 2.18 bits per heavy atom. The highest BCUT2D eigenvalue weighted by molar-refractivity contribution is 9.10. The molecule has 1 aromatic carbocycles. The molecule has 0 aliphatic rings. The van der Waals surface area contributed by atoms with E-state index in [1.54, 1.807) is 6.07 Å². The predicted molar refractivity (Wildman–Crippen MR) is 67.0 cm³/mol. The molecule has 0 amide bonds. The maximum atomic E-state index is 11.2. The molecule has 1 N–H and O–H groups in total. The van der Waals surface area contributed by atoms with Crippen molar-refractivity contribution >= 4 is 21.9 Å². The Balaban J connectivity index is 2.73. The molecule has 0 saturated heterocycles. The first-order valence-corrected chi connectivity index (χ1v) is 5.86. The minimum absolute atomic E-state index is 0.156. The molecule has 94 valence electrons. The molecule has 1 aromatic rings. The number of methoxy groups -OCH3 is 1. The van der Waals surface area contributed by atoms with Crippen molar-refractivity contribution in [2.24, 2.45) is 0 Å². The van der Waals surface area contributed by atoms with E-state index in [0.717, 1.165) is 10.0 Å². The Morgan fingerprint density at radius 1 is 1.53 bits per heavy atom. The molecule has 0 radical (unpaired) electrons. The highest BCUT2D eigenvalue weighted by Gasteiger charge is 2.32. The molecule has 1 atom stereocenters. The number of rotatable bonds is 4. The van der Waals surface area contributed by atoms with Crippen molar-refractivity contribution in [3.8, 4) is 5.75 Å². The fourth-order valence-corrected chi connectivity index (χ4v) is 1.57. The Hall–Kier alpha value is -1.07. The number of esters is 1. The van der Waals surface area contributed by atoms with E-state index < -0.39 is 11.6 Å². The second kappa shape index (κ2) is 5.51. The molecule has 0 aliphatic carbocycles. The third-order valence-electron chi connectivity index (χ3n) is 2.28. The van der Waals surface area contributed by atoms with Gasteiger partial charge in [0.1, 0.15) is 12.4 Å². The summed E-state index contributed by atoms with van der Waals surface area (Å²) in [4.78, 5) is 11.2. The molecule has 5 heteroatoms. The number of carbonyl (C=O) groups is 1. The summed E-state index contributed by atoms with van der Waals surface area (Å²) in [6.07, 6.45) is 0. The molecule has 0 saturated carbocycles. The zero-order valence-corrected chi connectivity index (χ0v) is 11.6. The maximum absolute atomic E-state index is 11.2. The topological polar surface area (TPSA) is 55.8 Å². The Labute approximate surface area is 109 Å². The standard InChI is InChI=1S/C12H15BrO4/c1-8-4-5-9(13)6-10(8)17-7-12(2,15)11(14)16-3/h4-6,15H,7H2,1-3H3. The van der Waals surface area contributed by atoms with Crippen LogP contribution in [0.3, 0.4) is 0 Å². The molecular formula is C12H15BrO4. The lowest BCUT2D eigenvalue weighted by Crippen LogP contribution is -2.42. The molecule has 4 nitrogen and oxygen atoms in total. The van der Waals surface area contributed by atoms with Crippen LogP contribution < -0.4 is 4.74 Å². The van der Waals surface area contributed by atoms with Crippen LogP contribution in [0.2, 0.25) is 0 Å². The molecule has 0 fully saturated rings. The summed E-state index contributed by atoms with van der Waals surface area (Å²) >= 11 is 3.33. The van der Waals surface area contributed by atoms with Crippen LogP contribution >= 0.6 is 15.9 Å². The minimum Gasteiger partial charge on any atom is -0.490 e. The van der Waals surface area contributed by atoms with Gasteiger partial charge in [-0.15, -0.1) is 0 Å². The van der Waals surface area contributed by atoms with Gasteiger partial charge in [0.05, 0.1) is 7.11 Å². The fourth-order valence-electron chi connectivity index (χ4n) is 1.23. The van der Waals surface area contributed by atoms with Gasteiger partial charge in [0.25, 0.3) is 0 Å². The average Bonchev–Trinajstić information content (AvgIpc) is 2.29. The molecular weight excluding hydrogens is 288 g/mol. The number of hydrogen-bond donors (Lipinski definition) is 1. The summed E-state index contributed by atoms with van der Waals surface area (Å²) in [7, 11) is 1.22. The molecule has 1 rings (SSSR count). The van der Waals surface area contributed by atoms with Crippen LogP contribution in [0.1, 0.15) is 12.5 Å². The summed E-state index contributed by atoms with van der Waals surface area (Å²) in [6.45, 7) is 3.08. The zero-order chi connectivity index (χ0) is 13.1. The van der Waals surface area contributed by atoms with Crippen LogP contribution in [0, 0.1) is 6.92 Å². The van der Waals surface area contributed by atoms with Gasteiger partial charge in [0, 0.05) is 4.47 Å². The first-order chi connectivity index (χ1) is 7.86. The largest absolute Gasteiger partial charge is 0.490 e. The van der Waals surface area contributed by atoms with Gasteiger partial charge < -0.3 is 14.6 Å². The Bertz CT molecular complexity index is 415. The SMILES string of the molecule is COC(=O)C(C)(O)COc1cc(Br)ccc1C. The summed E-state index contributed by atoms with van der Waals surface area (Å²) in [5, 5.41) is 9.79. The quantitative estimate of drug-likeness (QED) is 0.865. The summed E-state index contributed by atoms with van der Waals surface area (Å²) in [6, 6.07) is 5.55. The van der Waals surface area contributed by atoms with E-state index in [1.165, 1.54) is 14.0 Å². The second-order valence-electron chi connectivity index (χ2n) is 3.96. The van der Waals surface area contributed by atoms with Gasteiger partial charge in [-0.2, -0.15) is 0 Å². The van der Waals surface area contributed by atoms with Crippen LogP contribution in [0.15, 0.2) is 22.7 Å². The van der Waals surface area contributed by atoms with E-state index in [-0.39, 0.29) is 6.61 Å². The average molecular weight is 303 g/mol. The van der Waals surface area contributed by atoms with Gasteiger partial charge in [-0.1, -0.05) is 22.0 Å². The summed E-state index contributed by atoms with van der Waals surface area (Å²) in [5.41, 5.74) is -0.724. The molecule has 1 unspecified atom stereocenters. The van der Waals surface area contributed by atoms with Crippen LogP contribution in [-0.4, -0.2) is 30.4 Å². The van der Waals surface area contributed by atoms with Gasteiger partial charge in [-0.05, 0) is 31.5 Å². The highest BCUT2D eigenvalue weighted by Crippen LogP contribution is 2.23. The van der Waals surface area contributed by atoms with Crippen LogP contribution in [0.4, 0.5) is 0 Å². The van der Waals surface area contributed by atoms with Crippen LogP contribution in [-0.2, 0) is 9.53 Å². The third-order valence-corrected chi connectivity index (χ3v) is 2.78. The van der Waals surface area contributed by atoms with Gasteiger partial charge in [-0.25, -0.2) is 4.79 Å². The van der Waals surface area contributed by atoms with E-state index in [4.69, 9.17) is 4.74 Å². The second-order valence-corrected chi connectivity index (χ2v) is 4.88. The van der Waals surface area contributed by atoms with E-state index in [0.29, 0.717) is 5.75 Å². The third kappa shape index (κ3) is 3.71. The van der Waals surface area contributed by atoms with Gasteiger partial charge in [-0.3, -0.25) is 0 Å². The van der Waals surface area contributed by atoms with Gasteiger partial charge >= 0.3 is 5.97 Å². The molecule has 0 bridgehead atoms. The Morgan fingerprint density at radius 3 is 2.76 bits per heavy atom. The molecule has 0 aromatic heterocycles. The number of benzene rings is 1. The van der Waals surface area contributed by atoms with Crippen molar-refractivity contribution in [3.05, 3.63) is 28.2 Å². The first kappa shape index (κ1) is 14.0. The number of halogens is 1. The lowest BCUT2D eigenvalue weighted by molar-refractivity contribution is -0.163. The fraction of sp³-hybridized carbons (Fsp3) is 0.417. The van der Waals surface area contributed by atoms with Crippen molar-refractivity contribution in [2.75, 3.05) is 13.7 Å². The van der Waals surface area contributed by atoms with E-state index in [9.17, 15) is 9.90 Å². The number of aliphatic hydroxyl groups is 1. The molecule has 0 heterocycles. The maximum Gasteiger partial charge on any atom is 0.341 e. The number of carbonyl (C=O) groups excluding carboxylic acids is 1. The lowest BCUT2D eigenvalue weighted by atomic mass is 10.1. The van der Waals surface area contributed by atoms with Crippen molar-refractivity contribution in [2.45, 2.75) is 19.4 Å². The number of ether oxygens (including phenoxy) is 2. The van der Waals surface area contributed by atoms with Crippen molar-refractivity contribution in [1.82, 2.24) is 0 Å². The van der Waals surface area contributed by atoms with Crippen molar-refractivity contribution in [1.29, 1.82) is 0 Å². The van der Waals surface area contributed by atoms with Crippen LogP contribution in [0.25, 0.3) is 0 Å². The van der Waals surface area contributed by atoms with E-state index in [2.05, 4.69) is 20.7 Å². The van der Waals surface area contributed by atoms with Crippen molar-refractivity contribution in [3.63, 3.8) is 0 Å². The van der Waals surface area contributed by atoms with E-state index in [1.807, 2.05) is 19.1 Å². The van der Waals surface area contributed by atoms with Gasteiger partial charge in [0.2, 0.25) is 0 Å². The smallest absolute Gasteiger partial charge is 0.341 e. The number of hydrogen-bond acceptors (Lipinski definition) is 4. The van der Waals surface area contributed by atoms with Gasteiger partial charge in [0.15, 0.2) is 5.60 Å². The number of aryl methyl sites for hydroxylation is 1. The van der Waals surface area contributed by atoms with Crippen molar-refractivity contribution < 1.29 is 19.4 Å². The van der Waals surface area contributed by atoms with Crippen LogP contribution in [0.5, 0.6) is 5.75 Å². The molecule has 0 aliphatic heterocycles. The minimum atomic E-state index is -1.65. The highest BCUT2D eigenvalue weighted by atomic mass is 79.9. The normalized spacial score (nSPS) is 13.9. The first-order valence-electron chi connectivity index (χ1n) is 5.06. The monoisotopic (exact) mass is 302 g/mol. The lowest BCUT2D eigenvalue weighted by Gasteiger charge is -2.21. The Kier molecular flexibility index (Phi) is 4.54. The van der Waals surface area contributed by atoms with E-state index >= 15 is 0 Å².